The van der Waals surface area contributed by atoms with E-state index in [1.54, 1.807) is 6.07 Å². The van der Waals surface area contributed by atoms with Gasteiger partial charge in [0, 0.05) is 25.2 Å². The lowest BCUT2D eigenvalue weighted by Crippen LogP contribution is -2.43. The van der Waals surface area contributed by atoms with Crippen molar-refractivity contribution in [2.45, 2.75) is 24.3 Å². The first-order valence-electron chi connectivity index (χ1n) is 9.38. The van der Waals surface area contributed by atoms with E-state index in [2.05, 4.69) is 15.5 Å². The summed E-state index contributed by atoms with van der Waals surface area (Å²) in [7, 11) is -3.83. The number of rotatable bonds is 5. The third kappa shape index (κ3) is 4.02. The monoisotopic (exact) mass is 467 g/mol. The topological polar surface area (TPSA) is 96.7 Å². The van der Waals surface area contributed by atoms with Crippen LogP contribution in [0.25, 0.3) is 5.65 Å². The molecule has 1 N–H and O–H groups in total. The van der Waals surface area contributed by atoms with Gasteiger partial charge in [0.2, 0.25) is 15.9 Å². The minimum absolute atomic E-state index is 0.0860. The molecular formula is C19H19Cl2N5O3S. The highest BCUT2D eigenvalue weighted by Crippen LogP contribution is 2.33. The van der Waals surface area contributed by atoms with Crippen molar-refractivity contribution in [1.82, 2.24) is 24.2 Å². The molecule has 0 atom stereocenters. The maximum absolute atomic E-state index is 12.9. The highest BCUT2D eigenvalue weighted by molar-refractivity contribution is 7.89. The lowest BCUT2D eigenvalue weighted by molar-refractivity contribution is -0.126. The third-order valence-corrected chi connectivity index (χ3v) is 8.00. The van der Waals surface area contributed by atoms with Gasteiger partial charge in [-0.1, -0.05) is 35.3 Å². The van der Waals surface area contributed by atoms with Gasteiger partial charge < -0.3 is 5.32 Å². The second-order valence-corrected chi connectivity index (χ2v) is 9.68. The van der Waals surface area contributed by atoms with Crippen molar-refractivity contribution in [2.75, 3.05) is 13.1 Å². The Morgan fingerprint density at radius 3 is 2.47 bits per heavy atom. The van der Waals surface area contributed by atoms with Crippen LogP contribution in [-0.4, -0.2) is 46.3 Å². The van der Waals surface area contributed by atoms with Gasteiger partial charge in [0.25, 0.3) is 0 Å². The van der Waals surface area contributed by atoms with Crippen LogP contribution in [0.1, 0.15) is 18.7 Å². The second-order valence-electron chi connectivity index (χ2n) is 6.99. The van der Waals surface area contributed by atoms with Crippen LogP contribution in [0.3, 0.4) is 0 Å². The van der Waals surface area contributed by atoms with E-state index in [1.165, 1.54) is 16.4 Å². The lowest BCUT2D eigenvalue weighted by atomic mass is 9.97. The van der Waals surface area contributed by atoms with Gasteiger partial charge in [-0.2, -0.15) is 4.31 Å². The molecule has 3 aromatic rings. The molecule has 0 unspecified atom stereocenters. The molecule has 30 heavy (non-hydrogen) atoms. The SMILES string of the molecule is O=C(NCc1nnc2ccccn12)C1CCN(S(=O)(=O)c2c(Cl)cccc2Cl)CC1. The zero-order valence-corrected chi connectivity index (χ0v) is 18.2. The summed E-state index contributed by atoms with van der Waals surface area (Å²) >= 11 is 12.2. The van der Waals surface area contributed by atoms with Crippen LogP contribution in [0.5, 0.6) is 0 Å². The molecule has 0 aliphatic carbocycles. The summed E-state index contributed by atoms with van der Waals surface area (Å²) in [6, 6.07) is 10.1. The molecule has 2 aromatic heterocycles. The fourth-order valence-electron chi connectivity index (χ4n) is 3.54. The zero-order chi connectivity index (χ0) is 21.3. The minimum atomic E-state index is -3.83. The van der Waals surface area contributed by atoms with Crippen LogP contribution in [0.15, 0.2) is 47.5 Å². The molecule has 1 amide bonds. The summed E-state index contributed by atoms with van der Waals surface area (Å²) in [6.07, 6.45) is 2.65. The number of benzene rings is 1. The molecule has 1 saturated heterocycles. The quantitative estimate of drug-likeness (QED) is 0.621. The van der Waals surface area contributed by atoms with Crippen LogP contribution in [0, 0.1) is 5.92 Å². The van der Waals surface area contributed by atoms with Gasteiger partial charge >= 0.3 is 0 Å². The van der Waals surface area contributed by atoms with Crippen LogP contribution in [0.2, 0.25) is 10.0 Å². The number of nitrogens with one attached hydrogen (secondary N) is 1. The average Bonchev–Trinajstić information content (AvgIpc) is 3.15. The number of hydrogen-bond donors (Lipinski definition) is 1. The van der Waals surface area contributed by atoms with E-state index in [0.29, 0.717) is 24.3 Å². The van der Waals surface area contributed by atoms with Crippen LogP contribution >= 0.6 is 23.2 Å². The summed E-state index contributed by atoms with van der Waals surface area (Å²) in [4.78, 5) is 12.5. The van der Waals surface area contributed by atoms with Crippen LogP contribution < -0.4 is 5.32 Å². The van der Waals surface area contributed by atoms with Gasteiger partial charge in [-0.25, -0.2) is 8.42 Å². The van der Waals surface area contributed by atoms with Gasteiger partial charge in [0.1, 0.15) is 4.90 Å². The number of amides is 1. The van der Waals surface area contributed by atoms with Crippen molar-refractivity contribution in [3.8, 4) is 0 Å². The maximum Gasteiger partial charge on any atom is 0.246 e. The number of nitrogens with zero attached hydrogens (tertiary/aromatic N) is 4. The predicted octanol–water partition coefficient (Wildman–Crippen LogP) is 2.75. The van der Waals surface area contributed by atoms with Crippen LogP contribution in [0.4, 0.5) is 0 Å². The first kappa shape index (κ1) is 21.0. The number of hydrogen-bond acceptors (Lipinski definition) is 5. The summed E-state index contributed by atoms with van der Waals surface area (Å²) in [6.45, 7) is 0.684. The molecule has 1 fully saturated rings. The first-order valence-corrected chi connectivity index (χ1v) is 11.6. The van der Waals surface area contributed by atoms with Crippen molar-refractivity contribution >= 4 is 44.8 Å². The summed E-state index contributed by atoms with van der Waals surface area (Å²) in [5.74, 6) is 0.222. The molecule has 0 bridgehead atoms. The van der Waals surface area contributed by atoms with E-state index in [0.717, 1.165) is 0 Å². The van der Waals surface area contributed by atoms with Crippen molar-refractivity contribution in [1.29, 1.82) is 0 Å². The number of sulfonamides is 1. The number of carbonyl (C=O) groups excluding carboxylic acids is 1. The molecule has 0 radical (unpaired) electrons. The average molecular weight is 468 g/mol. The van der Waals surface area contributed by atoms with Gasteiger partial charge in [-0.3, -0.25) is 9.20 Å². The predicted molar refractivity (Wildman–Crippen MR) is 113 cm³/mol. The number of aromatic nitrogens is 3. The molecule has 0 saturated carbocycles. The largest absolute Gasteiger partial charge is 0.349 e. The Labute approximate surface area is 183 Å². The van der Waals surface area contributed by atoms with E-state index >= 15 is 0 Å². The van der Waals surface area contributed by atoms with Gasteiger partial charge in [0.05, 0.1) is 16.6 Å². The molecule has 1 aromatic carbocycles. The van der Waals surface area contributed by atoms with Gasteiger partial charge in [-0.05, 0) is 37.1 Å². The number of carbonyl (C=O) groups is 1. The number of piperidine rings is 1. The van der Waals surface area contributed by atoms with Crippen molar-refractivity contribution in [3.05, 3.63) is 58.5 Å². The van der Waals surface area contributed by atoms with E-state index in [4.69, 9.17) is 23.2 Å². The van der Waals surface area contributed by atoms with Gasteiger partial charge in [-0.15, -0.1) is 10.2 Å². The van der Waals surface area contributed by atoms with E-state index in [-0.39, 0.29) is 46.4 Å². The van der Waals surface area contributed by atoms with Crippen molar-refractivity contribution in [2.24, 2.45) is 5.92 Å². The molecule has 4 rings (SSSR count). The van der Waals surface area contributed by atoms with Gasteiger partial charge in [0.15, 0.2) is 11.5 Å². The standard InChI is InChI=1S/C19H19Cl2N5O3S/c20-14-4-3-5-15(21)18(14)30(28,29)25-10-7-13(8-11-25)19(27)22-12-17-24-23-16-6-1-2-9-26(16)17/h1-6,9,13H,7-8,10-12H2,(H,22,27). The highest BCUT2D eigenvalue weighted by atomic mass is 35.5. The maximum atomic E-state index is 12.9. The number of fused-ring (bicyclic) bond motifs is 1. The highest BCUT2D eigenvalue weighted by Gasteiger charge is 2.34. The number of pyridine rings is 1. The fourth-order valence-corrected chi connectivity index (χ4v) is 6.10. The molecule has 158 valence electrons. The van der Waals surface area contributed by atoms with E-state index in [9.17, 15) is 13.2 Å². The van der Waals surface area contributed by atoms with Crippen LogP contribution in [-0.2, 0) is 21.4 Å². The molecule has 1 aliphatic heterocycles. The smallest absolute Gasteiger partial charge is 0.246 e. The third-order valence-electron chi connectivity index (χ3n) is 5.15. The Balaban J connectivity index is 1.37. The Morgan fingerprint density at radius 2 is 1.77 bits per heavy atom. The summed E-state index contributed by atoms with van der Waals surface area (Å²) in [5, 5.41) is 11.2. The molecule has 0 spiro atoms. The summed E-state index contributed by atoms with van der Waals surface area (Å²) < 4.78 is 29.0. The molecule has 3 heterocycles. The van der Waals surface area contributed by atoms with Crippen molar-refractivity contribution < 1.29 is 13.2 Å². The lowest BCUT2D eigenvalue weighted by Gasteiger charge is -2.31. The number of halogens is 2. The van der Waals surface area contributed by atoms with E-state index in [1.807, 2.05) is 28.8 Å². The molecular weight excluding hydrogens is 449 g/mol. The Hall–Kier alpha value is -2.20. The normalized spacial score (nSPS) is 16.1. The fraction of sp³-hybridized carbons (Fsp3) is 0.316. The minimum Gasteiger partial charge on any atom is -0.349 e. The molecule has 8 nitrogen and oxygen atoms in total. The first-order chi connectivity index (χ1) is 14.4. The Bertz CT molecular complexity index is 1170. The second kappa shape index (κ2) is 8.50. The van der Waals surface area contributed by atoms with Crippen molar-refractivity contribution in [3.63, 3.8) is 0 Å². The van der Waals surface area contributed by atoms with E-state index < -0.39 is 10.0 Å². The molecule has 1 aliphatic rings. The molecule has 11 heteroatoms. The summed E-state index contributed by atoms with van der Waals surface area (Å²) in [5.41, 5.74) is 0.707. The zero-order valence-electron chi connectivity index (χ0n) is 15.8. The Kier molecular flexibility index (Phi) is 5.97. The Morgan fingerprint density at radius 1 is 1.07 bits per heavy atom.